The molecule has 230 valence electrons. The number of hydrogen-bond acceptors (Lipinski definition) is 7. The van der Waals surface area contributed by atoms with E-state index in [2.05, 4.69) is 21.3 Å². The third-order valence-electron chi connectivity index (χ3n) is 5.84. The molecule has 0 bridgehead atoms. The fourth-order valence-electron chi connectivity index (χ4n) is 3.70. The van der Waals surface area contributed by atoms with Crippen molar-refractivity contribution in [2.75, 3.05) is 33.2 Å². The summed E-state index contributed by atoms with van der Waals surface area (Å²) in [5.74, 6) is -4.21. The minimum absolute atomic E-state index is 0.240. The number of likely N-dealkylation sites (N-methyl/N-ethyl adjacent to an activating group) is 1. The molecule has 2 rings (SSSR count). The van der Waals surface area contributed by atoms with Gasteiger partial charge in [0.25, 0.3) is 5.91 Å². The molecule has 0 aliphatic heterocycles. The Kier molecular flexibility index (Phi) is 12.8. The minimum atomic E-state index is -1.92. The number of rotatable bonds is 13. The quantitative estimate of drug-likeness (QED) is 0.239. The molecule has 0 aromatic heterocycles. The molecular formula is C29H39F2N5O6. The first-order valence-electron chi connectivity index (χ1n) is 13.4. The molecule has 0 spiro atoms. The molecule has 0 aliphatic rings. The van der Waals surface area contributed by atoms with Crippen molar-refractivity contribution in [1.82, 2.24) is 26.2 Å². The number of hydrogen-bond donors (Lipinski definition) is 5. The molecule has 0 saturated heterocycles. The van der Waals surface area contributed by atoms with Crippen molar-refractivity contribution in [3.8, 4) is 0 Å². The van der Waals surface area contributed by atoms with Gasteiger partial charge in [0.1, 0.15) is 29.3 Å². The second kappa shape index (κ2) is 15.8. The summed E-state index contributed by atoms with van der Waals surface area (Å²) in [6, 6.07) is 8.38. The third-order valence-corrected chi connectivity index (χ3v) is 5.84. The maximum absolute atomic E-state index is 13.5. The van der Waals surface area contributed by atoms with E-state index in [4.69, 9.17) is 4.74 Å². The van der Waals surface area contributed by atoms with Crippen molar-refractivity contribution in [2.45, 2.75) is 51.5 Å². The first kappa shape index (κ1) is 34.1. The fourth-order valence-corrected chi connectivity index (χ4v) is 3.70. The number of ether oxygens (including phenoxy) is 1. The second-order valence-electron chi connectivity index (χ2n) is 10.7. The van der Waals surface area contributed by atoms with E-state index in [-0.39, 0.29) is 12.1 Å². The topological polar surface area (TPSA) is 149 Å². The maximum atomic E-state index is 13.5. The highest BCUT2D eigenvalue weighted by Gasteiger charge is 2.28. The summed E-state index contributed by atoms with van der Waals surface area (Å²) < 4.78 is 32.2. The number of alkyl carbamates (subject to hydrolysis) is 1. The van der Waals surface area contributed by atoms with Gasteiger partial charge in [-0.1, -0.05) is 30.3 Å². The molecule has 0 aliphatic carbocycles. The van der Waals surface area contributed by atoms with Crippen LogP contribution in [0.4, 0.5) is 13.6 Å². The van der Waals surface area contributed by atoms with E-state index in [1.54, 1.807) is 51.1 Å². The van der Waals surface area contributed by atoms with Crippen molar-refractivity contribution < 1.29 is 37.8 Å². The number of nitrogens with one attached hydrogen (secondary N) is 4. The summed E-state index contributed by atoms with van der Waals surface area (Å²) in [6.45, 7) is 8.18. The zero-order valence-electron chi connectivity index (χ0n) is 24.4. The number of aliphatic hydroxyl groups excluding tert-OH is 1. The Morgan fingerprint density at radius 3 is 2.00 bits per heavy atom. The van der Waals surface area contributed by atoms with Crippen molar-refractivity contribution >= 4 is 23.8 Å². The monoisotopic (exact) mass is 591 g/mol. The average Bonchev–Trinajstić information content (AvgIpc) is 2.89. The molecule has 11 nitrogen and oxygen atoms in total. The molecule has 13 heteroatoms. The molecule has 0 saturated carbocycles. The Morgan fingerprint density at radius 1 is 0.857 bits per heavy atom. The van der Waals surface area contributed by atoms with E-state index in [0.29, 0.717) is 31.3 Å². The van der Waals surface area contributed by atoms with Crippen molar-refractivity contribution in [1.29, 1.82) is 0 Å². The molecule has 4 amide bonds. The molecule has 2 aromatic carbocycles. The molecule has 0 radical (unpaired) electrons. The lowest BCUT2D eigenvalue weighted by Gasteiger charge is -2.23. The molecular weight excluding hydrogens is 552 g/mol. The summed E-state index contributed by atoms with van der Waals surface area (Å²) in [7, 11) is 1.82. The Labute approximate surface area is 244 Å². The normalized spacial score (nSPS) is 13.5. The lowest BCUT2D eigenvalue weighted by atomic mass is 10.1. The number of benzene rings is 2. The Bertz CT molecular complexity index is 1200. The van der Waals surface area contributed by atoms with Gasteiger partial charge in [0.2, 0.25) is 11.8 Å². The fraction of sp³-hybridized carbons (Fsp3) is 0.448. The van der Waals surface area contributed by atoms with Crippen molar-refractivity contribution in [3.05, 3.63) is 71.3 Å². The highest BCUT2D eigenvalue weighted by Crippen LogP contribution is 2.17. The highest BCUT2D eigenvalue weighted by atomic mass is 19.1. The van der Waals surface area contributed by atoms with Gasteiger partial charge in [-0.3, -0.25) is 14.4 Å². The molecule has 5 N–H and O–H groups in total. The van der Waals surface area contributed by atoms with E-state index < -0.39 is 59.2 Å². The SMILES string of the molecule is C[C@H](NC(=O)C(O)c1cc(F)cc(F)c1)C(=O)N[C@H](C(=O)NCCN(C)CCNC(=O)OC(C)(C)C)c1ccccc1. The van der Waals surface area contributed by atoms with Crippen LogP contribution in [0.2, 0.25) is 0 Å². The van der Waals surface area contributed by atoms with Crippen LogP contribution in [0.1, 0.15) is 51.0 Å². The zero-order chi connectivity index (χ0) is 31.4. The lowest BCUT2D eigenvalue weighted by molar-refractivity contribution is -0.135. The molecule has 1 unspecified atom stereocenters. The average molecular weight is 592 g/mol. The summed E-state index contributed by atoms with van der Waals surface area (Å²) in [5.41, 5.74) is -0.420. The second-order valence-corrected chi connectivity index (χ2v) is 10.7. The number of carbonyl (C=O) groups is 4. The summed E-state index contributed by atoms with van der Waals surface area (Å²) in [5, 5.41) is 20.5. The van der Waals surface area contributed by atoms with Crippen molar-refractivity contribution in [2.24, 2.45) is 0 Å². The third kappa shape index (κ3) is 11.8. The standard InChI is InChI=1S/C29H39F2N5O6/c1-18(34-27(40)24(37)20-15-21(30)17-22(31)16-20)25(38)35-23(19-9-7-6-8-10-19)26(39)32-11-13-36(5)14-12-33-28(41)42-29(2,3)4/h6-10,15-18,23-24,37H,11-14H2,1-5H3,(H,32,39)(H,33,41)(H,34,40)(H,35,38)/t18-,23-,24?/m0/s1. The van der Waals surface area contributed by atoms with Gasteiger partial charge < -0.3 is 36.0 Å². The minimum Gasteiger partial charge on any atom is -0.444 e. The van der Waals surface area contributed by atoms with Gasteiger partial charge in [0.15, 0.2) is 6.10 Å². The number of carbonyl (C=O) groups excluding carboxylic acids is 4. The molecule has 2 aromatic rings. The van der Waals surface area contributed by atoms with Crippen LogP contribution < -0.4 is 21.3 Å². The number of amides is 4. The molecule has 3 atom stereocenters. The van der Waals surface area contributed by atoms with Crippen molar-refractivity contribution in [3.63, 3.8) is 0 Å². The van der Waals surface area contributed by atoms with Crippen LogP contribution in [0.3, 0.4) is 0 Å². The van der Waals surface area contributed by atoms with Gasteiger partial charge in [-0.2, -0.15) is 0 Å². The van der Waals surface area contributed by atoms with Gasteiger partial charge in [0, 0.05) is 32.2 Å². The lowest BCUT2D eigenvalue weighted by Crippen LogP contribution is -2.50. The van der Waals surface area contributed by atoms with Crippen LogP contribution in [0.5, 0.6) is 0 Å². The Hall–Kier alpha value is -4.10. The first-order valence-corrected chi connectivity index (χ1v) is 13.4. The molecule has 0 heterocycles. The van der Waals surface area contributed by atoms with E-state index in [1.807, 2.05) is 11.9 Å². The highest BCUT2D eigenvalue weighted by molar-refractivity contribution is 5.93. The van der Waals surface area contributed by atoms with E-state index >= 15 is 0 Å². The van der Waals surface area contributed by atoms with E-state index in [9.17, 15) is 33.1 Å². The van der Waals surface area contributed by atoms with Crippen LogP contribution in [0.25, 0.3) is 0 Å². The van der Waals surface area contributed by atoms with Gasteiger partial charge in [-0.05, 0) is 58.0 Å². The smallest absolute Gasteiger partial charge is 0.407 e. The van der Waals surface area contributed by atoms with Crippen LogP contribution in [-0.4, -0.2) is 78.7 Å². The number of halogens is 2. The summed E-state index contributed by atoms with van der Waals surface area (Å²) >= 11 is 0. The largest absolute Gasteiger partial charge is 0.444 e. The van der Waals surface area contributed by atoms with E-state index in [0.717, 1.165) is 12.1 Å². The molecule has 0 fully saturated rings. The van der Waals surface area contributed by atoms with Gasteiger partial charge in [-0.25, -0.2) is 13.6 Å². The zero-order valence-corrected chi connectivity index (χ0v) is 24.4. The first-order chi connectivity index (χ1) is 19.7. The van der Waals surface area contributed by atoms with Crippen LogP contribution in [0.15, 0.2) is 48.5 Å². The molecule has 42 heavy (non-hydrogen) atoms. The Morgan fingerprint density at radius 2 is 1.43 bits per heavy atom. The van der Waals surface area contributed by atoms with Crippen LogP contribution in [0, 0.1) is 11.6 Å². The van der Waals surface area contributed by atoms with Gasteiger partial charge >= 0.3 is 6.09 Å². The van der Waals surface area contributed by atoms with Gasteiger partial charge in [-0.15, -0.1) is 0 Å². The predicted octanol–water partition coefficient (Wildman–Crippen LogP) is 1.93. The predicted molar refractivity (Wildman–Crippen MR) is 151 cm³/mol. The number of aliphatic hydroxyl groups is 1. The van der Waals surface area contributed by atoms with Crippen LogP contribution >= 0.6 is 0 Å². The summed E-state index contributed by atoms with van der Waals surface area (Å²) in [4.78, 5) is 52.1. The van der Waals surface area contributed by atoms with Crippen LogP contribution in [-0.2, 0) is 19.1 Å². The van der Waals surface area contributed by atoms with Gasteiger partial charge in [0.05, 0.1) is 0 Å². The van der Waals surface area contributed by atoms with E-state index in [1.165, 1.54) is 6.92 Å². The Balaban J connectivity index is 1.92. The summed E-state index contributed by atoms with van der Waals surface area (Å²) in [6.07, 6.45) is -2.44. The number of nitrogens with zero attached hydrogens (tertiary/aromatic N) is 1. The maximum Gasteiger partial charge on any atom is 0.407 e.